The second-order valence-electron chi connectivity index (χ2n) is 5.36. The monoisotopic (exact) mass is 326 g/mol. The zero-order valence-corrected chi connectivity index (χ0v) is 13.5. The van der Waals surface area contributed by atoms with Crippen LogP contribution in [-0.2, 0) is 26.0 Å². The zero-order valence-electron chi connectivity index (χ0n) is 12.7. The smallest absolute Gasteiger partial charge is 0.224 e. The van der Waals surface area contributed by atoms with Crippen LogP contribution in [0.15, 0.2) is 30.3 Å². The fourth-order valence-corrected chi connectivity index (χ4v) is 3.96. The molecule has 0 aliphatic carbocycles. The number of nitrogens with zero attached hydrogens (tertiary/aromatic N) is 1. The van der Waals surface area contributed by atoms with E-state index in [1.165, 1.54) is 4.31 Å². The van der Waals surface area contributed by atoms with Crippen LogP contribution in [0.1, 0.15) is 12.5 Å². The van der Waals surface area contributed by atoms with Crippen molar-refractivity contribution >= 4 is 15.9 Å². The van der Waals surface area contributed by atoms with Crippen LogP contribution >= 0.6 is 0 Å². The quantitative estimate of drug-likeness (QED) is 0.821. The third-order valence-electron chi connectivity index (χ3n) is 3.55. The maximum Gasteiger partial charge on any atom is 0.224 e. The summed E-state index contributed by atoms with van der Waals surface area (Å²) in [6.07, 6.45) is 0.259. The molecule has 0 aromatic heterocycles. The molecular weight excluding hydrogens is 304 g/mol. The predicted molar refractivity (Wildman–Crippen MR) is 83.9 cm³/mol. The van der Waals surface area contributed by atoms with E-state index < -0.39 is 10.0 Å². The summed E-state index contributed by atoms with van der Waals surface area (Å²) in [5.74, 6) is -0.255. The maximum atomic E-state index is 12.3. The van der Waals surface area contributed by atoms with E-state index in [0.29, 0.717) is 19.8 Å². The van der Waals surface area contributed by atoms with Crippen LogP contribution in [0.5, 0.6) is 0 Å². The number of sulfonamides is 1. The minimum Gasteiger partial charge on any atom is -0.378 e. The molecule has 0 spiro atoms. The van der Waals surface area contributed by atoms with Crippen LogP contribution in [0.2, 0.25) is 0 Å². The molecule has 0 saturated carbocycles. The van der Waals surface area contributed by atoms with Gasteiger partial charge in [0.05, 0.1) is 25.4 Å². The molecule has 7 heteroatoms. The van der Waals surface area contributed by atoms with Crippen molar-refractivity contribution in [1.29, 1.82) is 0 Å². The molecule has 1 saturated heterocycles. The second-order valence-corrected chi connectivity index (χ2v) is 7.40. The van der Waals surface area contributed by atoms with E-state index in [0.717, 1.165) is 5.56 Å². The summed E-state index contributed by atoms with van der Waals surface area (Å²) in [7, 11) is -3.36. The summed E-state index contributed by atoms with van der Waals surface area (Å²) < 4.78 is 31.2. The molecule has 22 heavy (non-hydrogen) atoms. The maximum absolute atomic E-state index is 12.3. The van der Waals surface area contributed by atoms with Crippen molar-refractivity contribution < 1.29 is 17.9 Å². The SMILES string of the molecule is CC1COCCN1S(=O)(=O)CCNC(=O)Cc1ccccc1. The normalized spacial score (nSPS) is 19.8. The van der Waals surface area contributed by atoms with Gasteiger partial charge in [-0.15, -0.1) is 0 Å². The Morgan fingerprint density at radius 3 is 2.77 bits per heavy atom. The lowest BCUT2D eigenvalue weighted by molar-refractivity contribution is -0.120. The van der Waals surface area contributed by atoms with Gasteiger partial charge >= 0.3 is 0 Å². The fourth-order valence-electron chi connectivity index (χ4n) is 2.41. The van der Waals surface area contributed by atoms with Crippen LogP contribution in [0.4, 0.5) is 0 Å². The Balaban J connectivity index is 1.78. The van der Waals surface area contributed by atoms with Crippen molar-refractivity contribution in [3.63, 3.8) is 0 Å². The molecule has 2 rings (SSSR count). The lowest BCUT2D eigenvalue weighted by Gasteiger charge is -2.32. The van der Waals surface area contributed by atoms with E-state index in [-0.39, 0.29) is 30.7 Å². The van der Waals surface area contributed by atoms with E-state index >= 15 is 0 Å². The number of benzene rings is 1. The molecule has 1 fully saturated rings. The molecule has 1 unspecified atom stereocenters. The van der Waals surface area contributed by atoms with Crippen molar-refractivity contribution in [2.45, 2.75) is 19.4 Å². The Hall–Kier alpha value is -1.44. The molecule has 1 heterocycles. The number of carbonyl (C=O) groups is 1. The number of carbonyl (C=O) groups excluding carboxylic acids is 1. The van der Waals surface area contributed by atoms with E-state index in [4.69, 9.17) is 4.74 Å². The third kappa shape index (κ3) is 4.79. The topological polar surface area (TPSA) is 75.7 Å². The average molecular weight is 326 g/mol. The molecule has 6 nitrogen and oxygen atoms in total. The predicted octanol–water partition coefficient (Wildman–Crippen LogP) is 0.396. The van der Waals surface area contributed by atoms with Crippen LogP contribution in [0.25, 0.3) is 0 Å². The first-order valence-electron chi connectivity index (χ1n) is 7.37. The Labute approximate surface area is 131 Å². The molecule has 0 bridgehead atoms. The lowest BCUT2D eigenvalue weighted by Crippen LogP contribution is -2.49. The molecule has 1 aliphatic rings. The summed E-state index contributed by atoms with van der Waals surface area (Å²) in [5.41, 5.74) is 0.907. The van der Waals surface area contributed by atoms with Gasteiger partial charge in [0.15, 0.2) is 0 Å². The van der Waals surface area contributed by atoms with Gasteiger partial charge in [0.25, 0.3) is 0 Å². The molecule has 1 aromatic carbocycles. The lowest BCUT2D eigenvalue weighted by atomic mass is 10.1. The highest BCUT2D eigenvalue weighted by Gasteiger charge is 2.29. The number of hydrogen-bond donors (Lipinski definition) is 1. The summed E-state index contributed by atoms with van der Waals surface area (Å²) >= 11 is 0. The van der Waals surface area contributed by atoms with Gasteiger partial charge in [-0.3, -0.25) is 4.79 Å². The fraction of sp³-hybridized carbons (Fsp3) is 0.533. The Bertz CT molecular complexity index is 589. The Kier molecular flexibility index (Phi) is 5.93. The number of rotatable bonds is 6. The highest BCUT2D eigenvalue weighted by atomic mass is 32.2. The first-order chi connectivity index (χ1) is 10.5. The minimum atomic E-state index is -3.36. The Morgan fingerprint density at radius 1 is 1.36 bits per heavy atom. The highest BCUT2D eigenvalue weighted by Crippen LogP contribution is 2.12. The van der Waals surface area contributed by atoms with Crippen LogP contribution in [0, 0.1) is 0 Å². The van der Waals surface area contributed by atoms with Gasteiger partial charge in [0.1, 0.15) is 0 Å². The Morgan fingerprint density at radius 2 is 2.09 bits per heavy atom. The number of ether oxygens (including phenoxy) is 1. The molecule has 1 aliphatic heterocycles. The molecular formula is C15H22N2O4S. The standard InChI is InChI=1S/C15H22N2O4S/c1-13-12-21-9-8-17(13)22(19,20)10-7-16-15(18)11-14-5-3-2-4-6-14/h2-6,13H,7-12H2,1H3,(H,16,18). The van der Waals surface area contributed by atoms with Gasteiger partial charge in [0.2, 0.25) is 15.9 Å². The van der Waals surface area contributed by atoms with E-state index in [1.54, 1.807) is 0 Å². The number of hydrogen-bond acceptors (Lipinski definition) is 4. The molecule has 0 radical (unpaired) electrons. The summed E-state index contributed by atoms with van der Waals surface area (Å²) in [5, 5.41) is 2.67. The van der Waals surface area contributed by atoms with Crippen molar-refractivity contribution in [3.8, 4) is 0 Å². The first-order valence-corrected chi connectivity index (χ1v) is 8.98. The van der Waals surface area contributed by atoms with Crippen LogP contribution < -0.4 is 5.32 Å². The van der Waals surface area contributed by atoms with Crippen molar-refractivity contribution in [2.75, 3.05) is 32.1 Å². The molecule has 1 N–H and O–H groups in total. The van der Waals surface area contributed by atoms with Gasteiger partial charge in [-0.1, -0.05) is 30.3 Å². The third-order valence-corrected chi connectivity index (χ3v) is 5.53. The number of morpholine rings is 1. The van der Waals surface area contributed by atoms with E-state index in [1.807, 2.05) is 37.3 Å². The minimum absolute atomic E-state index is 0.0854. The summed E-state index contributed by atoms with van der Waals surface area (Å²) in [6, 6.07) is 9.20. The van der Waals surface area contributed by atoms with Crippen molar-refractivity contribution in [2.24, 2.45) is 0 Å². The van der Waals surface area contributed by atoms with Crippen LogP contribution in [-0.4, -0.2) is 56.7 Å². The number of amides is 1. The zero-order chi connectivity index (χ0) is 16.0. The van der Waals surface area contributed by atoms with E-state index in [2.05, 4.69) is 5.32 Å². The highest BCUT2D eigenvalue weighted by molar-refractivity contribution is 7.89. The van der Waals surface area contributed by atoms with E-state index in [9.17, 15) is 13.2 Å². The molecule has 1 aromatic rings. The summed E-state index contributed by atoms with van der Waals surface area (Å²) in [6.45, 7) is 3.16. The second kappa shape index (κ2) is 7.71. The van der Waals surface area contributed by atoms with Gasteiger partial charge in [-0.2, -0.15) is 4.31 Å². The first kappa shape index (κ1) is 16.9. The average Bonchev–Trinajstić information content (AvgIpc) is 2.48. The van der Waals surface area contributed by atoms with Gasteiger partial charge < -0.3 is 10.1 Å². The van der Waals surface area contributed by atoms with Gasteiger partial charge in [-0.05, 0) is 12.5 Å². The molecule has 1 amide bonds. The summed E-state index contributed by atoms with van der Waals surface area (Å²) in [4.78, 5) is 11.8. The van der Waals surface area contributed by atoms with Gasteiger partial charge in [-0.25, -0.2) is 8.42 Å². The largest absolute Gasteiger partial charge is 0.378 e. The number of nitrogens with one attached hydrogen (secondary N) is 1. The van der Waals surface area contributed by atoms with Gasteiger partial charge in [0, 0.05) is 19.1 Å². The molecule has 122 valence electrons. The molecule has 1 atom stereocenters. The van der Waals surface area contributed by atoms with Crippen LogP contribution in [0.3, 0.4) is 0 Å². The van der Waals surface area contributed by atoms with Crippen molar-refractivity contribution in [1.82, 2.24) is 9.62 Å². The van der Waals surface area contributed by atoms with Crippen molar-refractivity contribution in [3.05, 3.63) is 35.9 Å².